The van der Waals surface area contributed by atoms with Gasteiger partial charge in [-0.1, -0.05) is 6.07 Å². The molecule has 31 heavy (non-hydrogen) atoms. The SMILES string of the molecule is CC(=O)N1CC(c2nc(Nc3cccc(F)c3)cc(-c3cncc(O)c3)n2)CCC1C. The summed E-state index contributed by atoms with van der Waals surface area (Å²) in [5.74, 6) is 0.781. The lowest BCUT2D eigenvalue weighted by Crippen LogP contribution is -2.44. The smallest absolute Gasteiger partial charge is 0.219 e. The van der Waals surface area contributed by atoms with Gasteiger partial charge in [0.1, 0.15) is 23.2 Å². The molecule has 0 aliphatic carbocycles. The minimum absolute atomic E-state index is 0.0293. The first-order valence-corrected chi connectivity index (χ1v) is 10.2. The standard InChI is InChI=1S/C23H24FN5O2/c1-14-6-7-16(13-29(14)15(2)30)23-27-21(17-8-20(31)12-25-11-17)10-22(28-23)26-19-5-3-4-18(24)9-19/h3-5,8-12,14,16,31H,6-7,13H2,1-2H3,(H,26,27,28). The van der Waals surface area contributed by atoms with E-state index in [1.807, 2.05) is 11.8 Å². The minimum atomic E-state index is -0.352. The lowest BCUT2D eigenvalue weighted by atomic mass is 9.92. The number of halogens is 1. The van der Waals surface area contributed by atoms with Crippen molar-refractivity contribution in [1.82, 2.24) is 19.9 Å². The number of benzene rings is 1. The molecule has 160 valence electrons. The van der Waals surface area contributed by atoms with Gasteiger partial charge in [-0.2, -0.15) is 0 Å². The van der Waals surface area contributed by atoms with Crippen LogP contribution in [0.1, 0.15) is 38.4 Å². The number of carbonyl (C=O) groups is 1. The Hall–Kier alpha value is -3.55. The maximum absolute atomic E-state index is 13.6. The van der Waals surface area contributed by atoms with Crippen LogP contribution in [-0.2, 0) is 4.79 Å². The van der Waals surface area contributed by atoms with Gasteiger partial charge >= 0.3 is 0 Å². The summed E-state index contributed by atoms with van der Waals surface area (Å²) in [6, 6.07) is 9.62. The van der Waals surface area contributed by atoms with Gasteiger partial charge < -0.3 is 15.3 Å². The fourth-order valence-corrected chi connectivity index (χ4v) is 3.90. The number of hydrogen-bond acceptors (Lipinski definition) is 6. The van der Waals surface area contributed by atoms with Crippen molar-refractivity contribution in [3.63, 3.8) is 0 Å². The van der Waals surface area contributed by atoms with E-state index in [1.165, 1.54) is 18.3 Å². The van der Waals surface area contributed by atoms with Crippen LogP contribution in [0.3, 0.4) is 0 Å². The average molecular weight is 421 g/mol. The zero-order chi connectivity index (χ0) is 22.0. The van der Waals surface area contributed by atoms with E-state index in [2.05, 4.69) is 15.3 Å². The van der Waals surface area contributed by atoms with Crippen LogP contribution in [0.15, 0.2) is 48.8 Å². The third kappa shape index (κ3) is 4.79. The molecule has 1 aromatic carbocycles. The van der Waals surface area contributed by atoms with Crippen molar-refractivity contribution in [1.29, 1.82) is 0 Å². The summed E-state index contributed by atoms with van der Waals surface area (Å²) in [6.07, 6.45) is 4.68. The first-order valence-electron chi connectivity index (χ1n) is 10.2. The second kappa shape index (κ2) is 8.67. The number of aromatic hydroxyl groups is 1. The molecule has 1 amide bonds. The molecule has 2 atom stereocenters. The van der Waals surface area contributed by atoms with Crippen molar-refractivity contribution >= 4 is 17.4 Å². The highest BCUT2D eigenvalue weighted by Crippen LogP contribution is 2.31. The molecule has 0 spiro atoms. The predicted octanol–water partition coefficient (Wildman–Crippen LogP) is 4.24. The Balaban J connectivity index is 1.73. The Kier molecular flexibility index (Phi) is 5.79. The van der Waals surface area contributed by atoms with E-state index in [1.54, 1.807) is 37.4 Å². The number of nitrogens with one attached hydrogen (secondary N) is 1. The van der Waals surface area contributed by atoms with Gasteiger partial charge in [0.15, 0.2) is 0 Å². The molecular formula is C23H24FN5O2. The monoisotopic (exact) mass is 421 g/mol. The van der Waals surface area contributed by atoms with Crippen LogP contribution in [0.25, 0.3) is 11.3 Å². The van der Waals surface area contributed by atoms with E-state index in [4.69, 9.17) is 4.98 Å². The molecule has 0 bridgehead atoms. The first kappa shape index (κ1) is 20.7. The van der Waals surface area contributed by atoms with E-state index in [-0.39, 0.29) is 29.4 Å². The fourth-order valence-electron chi connectivity index (χ4n) is 3.90. The molecule has 2 N–H and O–H groups in total. The second-order valence-corrected chi connectivity index (χ2v) is 7.86. The lowest BCUT2D eigenvalue weighted by molar-refractivity contribution is -0.132. The van der Waals surface area contributed by atoms with Crippen molar-refractivity contribution in [2.24, 2.45) is 0 Å². The molecule has 0 saturated carbocycles. The molecule has 1 aliphatic heterocycles. The van der Waals surface area contributed by atoms with E-state index in [0.29, 0.717) is 35.1 Å². The maximum Gasteiger partial charge on any atom is 0.219 e. The fraction of sp³-hybridized carbons (Fsp3) is 0.304. The van der Waals surface area contributed by atoms with Crippen LogP contribution in [0, 0.1) is 5.82 Å². The number of anilines is 2. The summed E-state index contributed by atoms with van der Waals surface area (Å²) in [5, 5.41) is 13.0. The van der Waals surface area contributed by atoms with Crippen molar-refractivity contribution in [2.75, 3.05) is 11.9 Å². The number of carbonyl (C=O) groups excluding carboxylic acids is 1. The Morgan fingerprint density at radius 1 is 1.19 bits per heavy atom. The summed E-state index contributed by atoms with van der Waals surface area (Å²) in [4.78, 5) is 27.4. The Bertz CT molecular complexity index is 1110. The first-order chi connectivity index (χ1) is 14.9. The van der Waals surface area contributed by atoms with Crippen LogP contribution in [-0.4, -0.2) is 43.5 Å². The van der Waals surface area contributed by atoms with Gasteiger partial charge in [0.2, 0.25) is 5.91 Å². The Labute approximate surface area is 180 Å². The van der Waals surface area contributed by atoms with Crippen LogP contribution in [0.4, 0.5) is 15.9 Å². The molecule has 3 aromatic rings. The molecule has 7 nitrogen and oxygen atoms in total. The third-order valence-corrected chi connectivity index (χ3v) is 5.51. The number of aromatic nitrogens is 3. The van der Waals surface area contributed by atoms with E-state index in [9.17, 15) is 14.3 Å². The van der Waals surface area contributed by atoms with Crippen LogP contribution in [0.5, 0.6) is 5.75 Å². The molecule has 3 heterocycles. The summed E-state index contributed by atoms with van der Waals surface area (Å²) >= 11 is 0. The van der Waals surface area contributed by atoms with E-state index in [0.717, 1.165) is 12.8 Å². The number of nitrogens with zero attached hydrogens (tertiary/aromatic N) is 4. The zero-order valence-electron chi connectivity index (χ0n) is 17.4. The van der Waals surface area contributed by atoms with Gasteiger partial charge in [0.25, 0.3) is 0 Å². The highest BCUT2D eigenvalue weighted by Gasteiger charge is 2.30. The zero-order valence-corrected chi connectivity index (χ0v) is 17.4. The van der Waals surface area contributed by atoms with Crippen LogP contribution >= 0.6 is 0 Å². The molecule has 0 radical (unpaired) electrons. The summed E-state index contributed by atoms with van der Waals surface area (Å²) in [7, 11) is 0. The van der Waals surface area contributed by atoms with Gasteiger partial charge in [-0.05, 0) is 44.0 Å². The summed E-state index contributed by atoms with van der Waals surface area (Å²) < 4.78 is 13.6. The van der Waals surface area contributed by atoms with E-state index >= 15 is 0 Å². The molecule has 2 unspecified atom stereocenters. The Morgan fingerprint density at radius 3 is 2.77 bits per heavy atom. The highest BCUT2D eigenvalue weighted by atomic mass is 19.1. The number of piperidine rings is 1. The molecule has 1 fully saturated rings. The van der Waals surface area contributed by atoms with Crippen molar-refractivity contribution in [3.05, 3.63) is 60.4 Å². The van der Waals surface area contributed by atoms with E-state index < -0.39 is 0 Å². The average Bonchev–Trinajstić information content (AvgIpc) is 2.73. The maximum atomic E-state index is 13.6. The molecule has 1 saturated heterocycles. The summed E-state index contributed by atoms with van der Waals surface area (Å²) in [6.45, 7) is 4.16. The van der Waals surface area contributed by atoms with Gasteiger partial charge in [-0.25, -0.2) is 14.4 Å². The van der Waals surface area contributed by atoms with Gasteiger partial charge in [0, 0.05) is 48.9 Å². The van der Waals surface area contributed by atoms with Crippen molar-refractivity contribution in [3.8, 4) is 17.0 Å². The number of likely N-dealkylation sites (tertiary alicyclic amines) is 1. The van der Waals surface area contributed by atoms with Gasteiger partial charge in [-0.3, -0.25) is 9.78 Å². The molecular weight excluding hydrogens is 397 g/mol. The van der Waals surface area contributed by atoms with Gasteiger partial charge in [-0.15, -0.1) is 0 Å². The molecule has 8 heteroatoms. The minimum Gasteiger partial charge on any atom is -0.506 e. The second-order valence-electron chi connectivity index (χ2n) is 7.86. The third-order valence-electron chi connectivity index (χ3n) is 5.51. The van der Waals surface area contributed by atoms with Crippen LogP contribution in [0.2, 0.25) is 0 Å². The lowest BCUT2D eigenvalue weighted by Gasteiger charge is -2.37. The number of rotatable bonds is 4. The summed E-state index contributed by atoms with van der Waals surface area (Å²) in [5.41, 5.74) is 1.78. The number of amides is 1. The van der Waals surface area contributed by atoms with Gasteiger partial charge in [0.05, 0.1) is 11.9 Å². The van der Waals surface area contributed by atoms with Crippen LogP contribution < -0.4 is 5.32 Å². The number of pyridine rings is 1. The molecule has 2 aromatic heterocycles. The normalized spacial score (nSPS) is 18.6. The molecule has 4 rings (SSSR count). The molecule has 1 aliphatic rings. The Morgan fingerprint density at radius 2 is 2.03 bits per heavy atom. The topological polar surface area (TPSA) is 91.2 Å². The quantitative estimate of drug-likeness (QED) is 0.655. The number of hydrogen-bond donors (Lipinski definition) is 2. The highest BCUT2D eigenvalue weighted by molar-refractivity contribution is 5.74. The van der Waals surface area contributed by atoms with Crippen molar-refractivity contribution in [2.45, 2.75) is 38.6 Å². The predicted molar refractivity (Wildman–Crippen MR) is 115 cm³/mol. The largest absolute Gasteiger partial charge is 0.506 e. The van der Waals surface area contributed by atoms with Crippen molar-refractivity contribution < 1.29 is 14.3 Å².